The molecule has 22 heavy (non-hydrogen) atoms. The minimum Gasteiger partial charge on any atom is -0.444 e. The Kier molecular flexibility index (Phi) is 5.76. The van der Waals surface area contributed by atoms with Gasteiger partial charge in [-0.15, -0.1) is 0 Å². The van der Waals surface area contributed by atoms with E-state index in [1.807, 2.05) is 20.8 Å². The van der Waals surface area contributed by atoms with Crippen molar-refractivity contribution < 1.29 is 9.53 Å². The van der Waals surface area contributed by atoms with Crippen LogP contribution < -0.4 is 10.6 Å². The predicted octanol–water partition coefficient (Wildman–Crippen LogP) is 3.99. The number of alkyl carbamates (subject to hydrolysis) is 1. The SMILES string of the molecule is CC1(CNC2CCC(NC(=O)OC(C)(C)C)C2)CCCCC1. The number of nitrogens with one attached hydrogen (secondary N) is 2. The first-order valence-electron chi connectivity index (χ1n) is 8.99. The quantitative estimate of drug-likeness (QED) is 0.825. The first-order chi connectivity index (χ1) is 10.3. The average Bonchev–Trinajstić information content (AvgIpc) is 2.83. The number of rotatable bonds is 4. The third-order valence-corrected chi connectivity index (χ3v) is 5.03. The van der Waals surface area contributed by atoms with Gasteiger partial charge in [0.25, 0.3) is 0 Å². The van der Waals surface area contributed by atoms with Crippen molar-refractivity contribution in [3.63, 3.8) is 0 Å². The Labute approximate surface area is 135 Å². The zero-order valence-electron chi connectivity index (χ0n) is 14.8. The minimum absolute atomic E-state index is 0.256. The molecule has 2 unspecified atom stereocenters. The van der Waals surface area contributed by atoms with Crippen LogP contribution in [-0.2, 0) is 4.74 Å². The van der Waals surface area contributed by atoms with E-state index in [1.54, 1.807) is 0 Å². The number of carbonyl (C=O) groups is 1. The van der Waals surface area contributed by atoms with Crippen molar-refractivity contribution >= 4 is 6.09 Å². The lowest BCUT2D eigenvalue weighted by molar-refractivity contribution is 0.0505. The Hall–Kier alpha value is -0.770. The average molecular weight is 310 g/mol. The van der Waals surface area contributed by atoms with Crippen molar-refractivity contribution in [3.05, 3.63) is 0 Å². The highest BCUT2D eigenvalue weighted by molar-refractivity contribution is 5.68. The van der Waals surface area contributed by atoms with Gasteiger partial charge >= 0.3 is 6.09 Å². The summed E-state index contributed by atoms with van der Waals surface area (Å²) >= 11 is 0. The lowest BCUT2D eigenvalue weighted by Crippen LogP contribution is -2.41. The van der Waals surface area contributed by atoms with Gasteiger partial charge in [-0.3, -0.25) is 0 Å². The normalized spacial score (nSPS) is 28.4. The van der Waals surface area contributed by atoms with Gasteiger partial charge in [-0.1, -0.05) is 26.2 Å². The molecule has 0 aromatic carbocycles. The van der Waals surface area contributed by atoms with Crippen LogP contribution in [0.5, 0.6) is 0 Å². The van der Waals surface area contributed by atoms with Crippen LogP contribution in [0.4, 0.5) is 4.79 Å². The molecule has 2 fully saturated rings. The van der Waals surface area contributed by atoms with E-state index >= 15 is 0 Å². The number of hydrogen-bond acceptors (Lipinski definition) is 3. The highest BCUT2D eigenvalue weighted by Crippen LogP contribution is 2.35. The van der Waals surface area contributed by atoms with E-state index in [1.165, 1.54) is 32.1 Å². The zero-order valence-corrected chi connectivity index (χ0v) is 14.8. The van der Waals surface area contributed by atoms with Gasteiger partial charge < -0.3 is 15.4 Å². The maximum Gasteiger partial charge on any atom is 0.407 e. The van der Waals surface area contributed by atoms with Crippen LogP contribution in [0.1, 0.15) is 79.1 Å². The van der Waals surface area contributed by atoms with Crippen molar-refractivity contribution in [2.75, 3.05) is 6.54 Å². The molecule has 1 amide bonds. The van der Waals surface area contributed by atoms with Crippen LogP contribution >= 0.6 is 0 Å². The summed E-state index contributed by atoms with van der Waals surface area (Å²) < 4.78 is 5.34. The summed E-state index contributed by atoms with van der Waals surface area (Å²) in [5.74, 6) is 0. The van der Waals surface area contributed by atoms with Gasteiger partial charge in [0.15, 0.2) is 0 Å². The summed E-state index contributed by atoms with van der Waals surface area (Å²) in [6, 6.07) is 0.796. The van der Waals surface area contributed by atoms with Crippen molar-refractivity contribution in [2.24, 2.45) is 5.41 Å². The second-order valence-electron chi connectivity index (χ2n) is 8.61. The predicted molar refractivity (Wildman–Crippen MR) is 90.0 cm³/mol. The molecular weight excluding hydrogens is 276 g/mol. The lowest BCUT2D eigenvalue weighted by Gasteiger charge is -2.35. The first kappa shape index (κ1) is 17.6. The number of hydrogen-bond donors (Lipinski definition) is 2. The molecule has 0 saturated heterocycles. The second kappa shape index (κ2) is 7.20. The standard InChI is InChI=1S/C18H34N2O2/c1-17(2,3)22-16(21)20-15-9-8-14(12-15)19-13-18(4)10-6-5-7-11-18/h14-15,19H,5-13H2,1-4H3,(H,20,21). The van der Waals surface area contributed by atoms with E-state index in [0.29, 0.717) is 11.5 Å². The third kappa shape index (κ3) is 5.79. The van der Waals surface area contributed by atoms with E-state index in [2.05, 4.69) is 17.6 Å². The minimum atomic E-state index is -0.421. The maximum atomic E-state index is 11.8. The molecule has 0 spiro atoms. The van der Waals surface area contributed by atoms with Crippen LogP contribution in [0, 0.1) is 5.41 Å². The second-order valence-corrected chi connectivity index (χ2v) is 8.61. The van der Waals surface area contributed by atoms with Gasteiger partial charge in [0.2, 0.25) is 0 Å². The molecule has 0 heterocycles. The Bertz CT molecular complexity index is 370. The van der Waals surface area contributed by atoms with E-state index in [4.69, 9.17) is 4.74 Å². The highest BCUT2D eigenvalue weighted by atomic mass is 16.6. The monoisotopic (exact) mass is 310 g/mol. The summed E-state index contributed by atoms with van der Waals surface area (Å²) in [5.41, 5.74) is 0.0604. The van der Waals surface area contributed by atoms with Gasteiger partial charge in [0, 0.05) is 18.6 Å². The largest absolute Gasteiger partial charge is 0.444 e. The zero-order chi connectivity index (χ0) is 16.2. The van der Waals surface area contributed by atoms with Crippen molar-refractivity contribution in [3.8, 4) is 0 Å². The number of ether oxygens (including phenoxy) is 1. The van der Waals surface area contributed by atoms with Crippen LogP contribution in [0.2, 0.25) is 0 Å². The Morgan fingerprint density at radius 1 is 1.14 bits per heavy atom. The summed E-state index contributed by atoms with van der Waals surface area (Å²) in [5, 5.41) is 6.76. The molecule has 2 saturated carbocycles. The summed E-state index contributed by atoms with van der Waals surface area (Å²) in [7, 11) is 0. The van der Waals surface area contributed by atoms with Crippen LogP contribution in [0.15, 0.2) is 0 Å². The first-order valence-corrected chi connectivity index (χ1v) is 8.99. The van der Waals surface area contributed by atoms with Gasteiger partial charge in [0.05, 0.1) is 0 Å². The molecule has 0 bridgehead atoms. The smallest absolute Gasteiger partial charge is 0.407 e. The van der Waals surface area contributed by atoms with Gasteiger partial charge in [0.1, 0.15) is 5.60 Å². The van der Waals surface area contributed by atoms with Gasteiger partial charge in [-0.2, -0.15) is 0 Å². The Morgan fingerprint density at radius 3 is 2.41 bits per heavy atom. The Morgan fingerprint density at radius 2 is 1.77 bits per heavy atom. The third-order valence-electron chi connectivity index (χ3n) is 5.03. The lowest BCUT2D eigenvalue weighted by atomic mass is 9.75. The fourth-order valence-corrected chi connectivity index (χ4v) is 3.75. The maximum absolute atomic E-state index is 11.8. The van der Waals surface area contributed by atoms with E-state index in [-0.39, 0.29) is 12.1 Å². The Balaban J connectivity index is 1.68. The molecule has 2 N–H and O–H groups in total. The van der Waals surface area contributed by atoms with Gasteiger partial charge in [-0.05, 0) is 58.3 Å². The molecule has 2 rings (SSSR count). The number of amides is 1. The fourth-order valence-electron chi connectivity index (χ4n) is 3.75. The molecule has 128 valence electrons. The van der Waals surface area contributed by atoms with Gasteiger partial charge in [-0.25, -0.2) is 4.79 Å². The molecule has 4 heteroatoms. The van der Waals surface area contributed by atoms with E-state index in [9.17, 15) is 4.79 Å². The van der Waals surface area contributed by atoms with E-state index in [0.717, 1.165) is 25.8 Å². The fraction of sp³-hybridized carbons (Fsp3) is 0.944. The molecular formula is C18H34N2O2. The van der Waals surface area contributed by atoms with E-state index < -0.39 is 5.60 Å². The summed E-state index contributed by atoms with van der Waals surface area (Å²) in [4.78, 5) is 11.8. The molecule has 0 aromatic rings. The molecule has 2 aliphatic carbocycles. The molecule has 4 nitrogen and oxygen atoms in total. The summed E-state index contributed by atoms with van der Waals surface area (Å²) in [6.07, 6.45) is 9.81. The molecule has 0 aromatic heterocycles. The molecule has 0 radical (unpaired) electrons. The van der Waals surface area contributed by atoms with Crippen molar-refractivity contribution in [1.82, 2.24) is 10.6 Å². The molecule has 0 aliphatic heterocycles. The summed E-state index contributed by atoms with van der Waals surface area (Å²) in [6.45, 7) is 9.24. The molecule has 2 aliphatic rings. The van der Waals surface area contributed by atoms with Crippen LogP contribution in [0.3, 0.4) is 0 Å². The van der Waals surface area contributed by atoms with Crippen molar-refractivity contribution in [2.45, 2.75) is 96.7 Å². The van der Waals surface area contributed by atoms with Crippen LogP contribution in [0.25, 0.3) is 0 Å². The topological polar surface area (TPSA) is 50.4 Å². The number of carbonyl (C=O) groups excluding carboxylic acids is 1. The van der Waals surface area contributed by atoms with Crippen molar-refractivity contribution in [1.29, 1.82) is 0 Å². The van der Waals surface area contributed by atoms with Crippen LogP contribution in [-0.4, -0.2) is 30.3 Å². The molecule has 2 atom stereocenters. The highest BCUT2D eigenvalue weighted by Gasteiger charge is 2.31.